The second-order valence-electron chi connectivity index (χ2n) is 21.5. The molecule has 26 heteroatoms. The molecule has 0 bridgehead atoms. The molecule has 2 fully saturated rings. The number of rotatable bonds is 33. The largest absolute Gasteiger partial charge is 0.464 e. The summed E-state index contributed by atoms with van der Waals surface area (Å²) in [5, 5.41) is 15.8. The van der Waals surface area contributed by atoms with Gasteiger partial charge in [-0.15, -0.1) is 76.3 Å². The Labute approximate surface area is 569 Å². The van der Waals surface area contributed by atoms with Gasteiger partial charge in [0.25, 0.3) is 0 Å². The van der Waals surface area contributed by atoms with Crippen LogP contribution < -0.4 is 36.4 Å². The van der Waals surface area contributed by atoms with Crippen LogP contribution in [0.15, 0.2) is 127 Å². The summed E-state index contributed by atoms with van der Waals surface area (Å²) in [5.41, 5.74) is 5.35. The normalized spacial score (nSPS) is 15.4. The molecular weight excluding hydrogens is 1320 g/mol. The molecule has 6 atom stereocenters. The Morgan fingerprint density at radius 2 is 0.967 bits per heavy atom. The predicted octanol–water partition coefficient (Wildman–Crippen LogP) is 8.62. The van der Waals surface area contributed by atoms with Gasteiger partial charge in [-0.25, -0.2) is 23.2 Å². The van der Waals surface area contributed by atoms with E-state index in [1.165, 1.54) is 41.5 Å². The Bertz CT molecular complexity index is 3080. The van der Waals surface area contributed by atoms with Crippen molar-refractivity contribution in [3.8, 4) is 0 Å². The van der Waals surface area contributed by atoms with E-state index in [1.54, 1.807) is 26.0 Å². The summed E-state index contributed by atoms with van der Waals surface area (Å²) >= 11 is 24.0. The number of carbonyl (C=O) groups is 7. The summed E-state index contributed by atoms with van der Waals surface area (Å²) < 4.78 is 37.4. The third kappa shape index (κ3) is 25.8. The van der Waals surface area contributed by atoms with Gasteiger partial charge in [-0.2, -0.15) is 0 Å². The van der Waals surface area contributed by atoms with E-state index in [4.69, 9.17) is 60.7 Å². The van der Waals surface area contributed by atoms with Crippen LogP contribution in [0.3, 0.4) is 0 Å². The molecule has 5 aromatic rings. The summed E-state index contributed by atoms with van der Waals surface area (Å²) in [6.45, 7) is 6.98. The van der Waals surface area contributed by atoms with Crippen molar-refractivity contribution < 1.29 is 56.7 Å². The molecule has 0 saturated carbocycles. The molecule has 7 rings (SSSR count). The number of anilines is 2. The minimum atomic E-state index is -1.13. The molecule has 18 nitrogen and oxygen atoms in total. The molecular formula is C66H82Cl6F2N8O10. The van der Waals surface area contributed by atoms with Crippen LogP contribution in [0.25, 0.3) is 0 Å². The zero-order valence-electron chi connectivity index (χ0n) is 51.4. The summed E-state index contributed by atoms with van der Waals surface area (Å²) in [7, 11) is 0. The Balaban J connectivity index is 0.000000393. The Kier molecular flexibility index (Phi) is 35.6. The molecule has 5 N–H and O–H groups in total. The summed E-state index contributed by atoms with van der Waals surface area (Å²) in [6, 6.07) is 30.2. The molecule has 0 radical (unpaired) electrons. The van der Waals surface area contributed by atoms with Gasteiger partial charge in [0.2, 0.25) is 23.6 Å². The van der Waals surface area contributed by atoms with Gasteiger partial charge in [0.15, 0.2) is 0 Å². The first kappa shape index (κ1) is 78.0. The van der Waals surface area contributed by atoms with Crippen molar-refractivity contribution in [3.63, 3.8) is 0 Å². The van der Waals surface area contributed by atoms with Crippen LogP contribution in [0.1, 0.15) is 67.3 Å². The van der Waals surface area contributed by atoms with Crippen LogP contribution in [-0.4, -0.2) is 159 Å². The van der Waals surface area contributed by atoms with E-state index in [0.29, 0.717) is 86.6 Å². The highest BCUT2D eigenvalue weighted by atomic mass is 35.5. The van der Waals surface area contributed by atoms with Crippen LogP contribution in [0, 0.1) is 11.6 Å². The number of benzene rings is 5. The molecule has 0 aliphatic carbocycles. The number of ether oxygens (including phenoxy) is 2. The van der Waals surface area contributed by atoms with Crippen LogP contribution >= 0.6 is 71.2 Å². The fourth-order valence-electron chi connectivity index (χ4n) is 10.4. The van der Waals surface area contributed by atoms with Gasteiger partial charge in [-0.1, -0.05) is 78.9 Å². The monoisotopic (exact) mass is 1390 g/mol. The lowest BCUT2D eigenvalue weighted by atomic mass is 10.0. The van der Waals surface area contributed by atoms with E-state index in [0.717, 1.165) is 41.0 Å². The second kappa shape index (κ2) is 42.0. The molecule has 2 saturated heterocycles. The van der Waals surface area contributed by atoms with E-state index in [-0.39, 0.29) is 82.1 Å². The van der Waals surface area contributed by atoms with Crippen LogP contribution in [0.2, 0.25) is 0 Å². The maximum atomic E-state index is 14.0. The molecule has 5 aromatic carbocycles. The zero-order chi connectivity index (χ0) is 64.8. The maximum absolute atomic E-state index is 14.0. The topological polar surface area (TPSA) is 217 Å². The quantitative estimate of drug-likeness (QED) is 0.0196. The van der Waals surface area contributed by atoms with Gasteiger partial charge < -0.3 is 50.7 Å². The average molecular weight is 1400 g/mol. The highest BCUT2D eigenvalue weighted by molar-refractivity contribution is 6.19. The van der Waals surface area contributed by atoms with Crippen molar-refractivity contribution in [1.82, 2.24) is 31.6 Å². The standard InChI is InChI=1S/C37H43Cl2FN4O6.C29H37Cl2FN4O4.2ClH/c1-2-49-37(48)32(23-27-13-15-29(40)16-14-27)42-35(46)31(24-28-10-6-11-30(22-28)43(20-17-38)21-18-39)41-36(47)33-12-7-19-44(33)50-34(45)25-26-8-4-3-5-9-26;1-2-40-29(39)26(18-20-8-10-22(32)11-9-20)35-28(38)25(34-27(37)24-7-4-14-33-24)19-21-5-3-6-23(17-21)36(15-12-30)16-13-31;;/h3-6,8-11,13-16,22,31-33H,2,7,12,17-21,23-25H2,1H3,(H,41,47)(H,42,46);3,5-6,8-11,17,24-26,33H,2,4,7,12-16,18-19H2,1H3,(H,34,37)(H,35,38);2*1H. The third-order valence-electron chi connectivity index (χ3n) is 14.9. The second-order valence-corrected chi connectivity index (χ2v) is 23.0. The minimum Gasteiger partial charge on any atom is -0.464 e. The first-order valence-electron chi connectivity index (χ1n) is 30.2. The number of nitrogens with one attached hydrogen (secondary N) is 5. The van der Waals surface area contributed by atoms with Crippen molar-refractivity contribution >= 4 is 124 Å². The van der Waals surface area contributed by atoms with Gasteiger partial charge in [0.05, 0.1) is 25.7 Å². The van der Waals surface area contributed by atoms with Crippen LogP contribution in [-0.2, 0) is 80.0 Å². The fraction of sp³-hybridized carbons (Fsp3) is 0.439. The number of esters is 2. The van der Waals surface area contributed by atoms with E-state index in [2.05, 4.69) is 31.5 Å². The number of hydroxylamine groups is 2. The van der Waals surface area contributed by atoms with Gasteiger partial charge >= 0.3 is 17.9 Å². The highest BCUT2D eigenvalue weighted by Crippen LogP contribution is 2.23. The van der Waals surface area contributed by atoms with Gasteiger partial charge in [-0.05, 0) is 122 Å². The van der Waals surface area contributed by atoms with Crippen molar-refractivity contribution in [2.24, 2.45) is 0 Å². The van der Waals surface area contributed by atoms with E-state index in [9.17, 15) is 42.3 Å². The molecule has 0 spiro atoms. The van der Waals surface area contributed by atoms with E-state index >= 15 is 0 Å². The summed E-state index contributed by atoms with van der Waals surface area (Å²) in [6.07, 6.45) is 3.03. The van der Waals surface area contributed by atoms with Gasteiger partial charge in [0, 0.05) is 93.3 Å². The number of alkyl halides is 4. The molecule has 92 heavy (non-hydrogen) atoms. The number of nitrogens with zero attached hydrogens (tertiary/aromatic N) is 3. The smallest absolute Gasteiger partial charge is 0.329 e. The molecule has 502 valence electrons. The van der Waals surface area contributed by atoms with Crippen LogP contribution in [0.5, 0.6) is 0 Å². The van der Waals surface area contributed by atoms with Crippen molar-refractivity contribution in [2.45, 2.75) is 108 Å². The summed E-state index contributed by atoms with van der Waals surface area (Å²) in [5.74, 6) is -2.88. The summed E-state index contributed by atoms with van der Waals surface area (Å²) in [4.78, 5) is 103. The molecule has 2 aliphatic heterocycles. The zero-order valence-corrected chi connectivity index (χ0v) is 56.1. The first-order valence-corrected chi connectivity index (χ1v) is 32.4. The van der Waals surface area contributed by atoms with Gasteiger partial charge in [0.1, 0.15) is 41.8 Å². The number of hydrogen-bond donors (Lipinski definition) is 5. The average Bonchev–Trinajstić information content (AvgIpc) is 1.66. The van der Waals surface area contributed by atoms with Crippen molar-refractivity contribution in [2.75, 3.05) is 85.8 Å². The molecule has 2 heterocycles. The Morgan fingerprint density at radius 3 is 1.39 bits per heavy atom. The van der Waals surface area contributed by atoms with Crippen molar-refractivity contribution in [1.29, 1.82) is 0 Å². The molecule has 2 aliphatic rings. The minimum absolute atomic E-state index is 0. The third-order valence-corrected chi connectivity index (χ3v) is 15.6. The van der Waals surface area contributed by atoms with Gasteiger partial charge in [-0.3, -0.25) is 19.2 Å². The fourth-order valence-corrected chi connectivity index (χ4v) is 11.2. The van der Waals surface area contributed by atoms with Crippen LogP contribution in [0.4, 0.5) is 20.2 Å². The first-order chi connectivity index (χ1) is 43.5. The Hall–Kier alpha value is -6.49. The number of amides is 4. The number of hydrogen-bond acceptors (Lipinski definition) is 14. The Morgan fingerprint density at radius 1 is 0.533 bits per heavy atom. The number of carbonyl (C=O) groups excluding carboxylic acids is 7. The van der Waals surface area contributed by atoms with E-state index in [1.807, 2.05) is 83.8 Å². The molecule has 6 unspecified atom stereocenters. The van der Waals surface area contributed by atoms with Crippen molar-refractivity contribution in [3.05, 3.63) is 167 Å². The van der Waals surface area contributed by atoms with E-state index < -0.39 is 77.5 Å². The lowest BCUT2D eigenvalue weighted by Crippen LogP contribution is -2.56. The lowest BCUT2D eigenvalue weighted by molar-refractivity contribution is -0.195. The maximum Gasteiger partial charge on any atom is 0.329 e. The predicted molar refractivity (Wildman–Crippen MR) is 360 cm³/mol. The molecule has 0 aromatic heterocycles. The number of halogens is 8. The SMILES string of the molecule is CCOC(=O)C(Cc1ccc(F)cc1)NC(=O)C(Cc1cccc(N(CCCl)CCCl)c1)NC(=O)C1CCCN1.CCOC(=O)C(Cc1ccc(F)cc1)NC(=O)C(Cc1cccc(N(CCCl)CCCl)c1)NC(=O)C1CCCN1OC(=O)Cc1ccccc1.Cl.Cl. The molecule has 4 amide bonds. The lowest BCUT2D eigenvalue weighted by Gasteiger charge is -2.27. The highest BCUT2D eigenvalue weighted by Gasteiger charge is 2.37.